The third kappa shape index (κ3) is 2.93. The summed E-state index contributed by atoms with van der Waals surface area (Å²) in [6, 6.07) is 0. The summed E-state index contributed by atoms with van der Waals surface area (Å²) in [5.74, 6) is 1.59. The molecule has 3 rings (SSSR count). The molecular weight excluding hydrogens is 244 g/mol. The molecule has 5 nitrogen and oxygen atoms in total. The van der Waals surface area contributed by atoms with Gasteiger partial charge in [0.2, 0.25) is 5.91 Å². The predicted octanol–water partition coefficient (Wildman–Crippen LogP) is 0.0595. The quantitative estimate of drug-likeness (QED) is 0.710. The third-order valence-electron chi connectivity index (χ3n) is 4.64. The first-order valence-corrected chi connectivity index (χ1v) is 7.37. The van der Waals surface area contributed by atoms with Gasteiger partial charge < -0.3 is 19.3 Å². The standard InChI is InChI=1S/C14H24N2O3/c1-15-3-2-12-7-16(8-13(12)14(15)17)6-11-9-18-4-5-19-10-11/h11-13H,2-10H2,1H3/t12-,13+/m1/s1. The topological polar surface area (TPSA) is 42.0 Å². The van der Waals surface area contributed by atoms with Gasteiger partial charge in [0.25, 0.3) is 0 Å². The lowest BCUT2D eigenvalue weighted by atomic mass is 9.88. The van der Waals surface area contributed by atoms with E-state index in [0.717, 1.165) is 45.8 Å². The van der Waals surface area contributed by atoms with Gasteiger partial charge in [-0.1, -0.05) is 0 Å². The van der Waals surface area contributed by atoms with E-state index in [9.17, 15) is 4.79 Å². The van der Waals surface area contributed by atoms with Gasteiger partial charge in [0, 0.05) is 39.1 Å². The van der Waals surface area contributed by atoms with Crippen LogP contribution in [0.2, 0.25) is 0 Å². The summed E-state index contributed by atoms with van der Waals surface area (Å²) in [6.45, 7) is 6.92. The lowest BCUT2D eigenvalue weighted by Crippen LogP contribution is -2.42. The van der Waals surface area contributed by atoms with Crippen LogP contribution in [-0.4, -0.2) is 75.4 Å². The van der Waals surface area contributed by atoms with Crippen LogP contribution in [0.1, 0.15) is 6.42 Å². The van der Waals surface area contributed by atoms with Crippen LogP contribution in [0.5, 0.6) is 0 Å². The Labute approximate surface area is 114 Å². The average Bonchev–Trinajstić information content (AvgIpc) is 2.63. The zero-order chi connectivity index (χ0) is 13.2. The van der Waals surface area contributed by atoms with Gasteiger partial charge >= 0.3 is 0 Å². The van der Waals surface area contributed by atoms with Crippen LogP contribution in [0.25, 0.3) is 0 Å². The van der Waals surface area contributed by atoms with Crippen molar-refractivity contribution in [2.75, 3.05) is 59.7 Å². The molecule has 0 aliphatic carbocycles. The molecule has 3 fully saturated rings. The average molecular weight is 268 g/mol. The van der Waals surface area contributed by atoms with Gasteiger partial charge in [-0.25, -0.2) is 0 Å². The maximum absolute atomic E-state index is 12.1. The number of likely N-dealkylation sites (tertiary alicyclic amines) is 2. The van der Waals surface area contributed by atoms with Crippen molar-refractivity contribution >= 4 is 5.91 Å². The maximum atomic E-state index is 12.1. The van der Waals surface area contributed by atoms with Crippen molar-refractivity contribution in [2.24, 2.45) is 17.8 Å². The zero-order valence-electron chi connectivity index (χ0n) is 11.7. The Kier molecular flexibility index (Phi) is 4.05. The minimum absolute atomic E-state index is 0.228. The summed E-state index contributed by atoms with van der Waals surface area (Å²) in [4.78, 5) is 16.5. The summed E-state index contributed by atoms with van der Waals surface area (Å²) < 4.78 is 11.1. The van der Waals surface area contributed by atoms with E-state index in [1.165, 1.54) is 0 Å². The Balaban J connectivity index is 1.54. The van der Waals surface area contributed by atoms with Gasteiger partial charge in [0.15, 0.2) is 0 Å². The lowest BCUT2D eigenvalue weighted by molar-refractivity contribution is -0.137. The molecule has 108 valence electrons. The van der Waals surface area contributed by atoms with E-state index in [0.29, 0.717) is 31.0 Å². The molecule has 0 bridgehead atoms. The van der Waals surface area contributed by atoms with Crippen molar-refractivity contribution in [3.05, 3.63) is 0 Å². The number of nitrogens with zero attached hydrogens (tertiary/aromatic N) is 2. The van der Waals surface area contributed by atoms with Crippen LogP contribution < -0.4 is 0 Å². The smallest absolute Gasteiger partial charge is 0.227 e. The van der Waals surface area contributed by atoms with E-state index >= 15 is 0 Å². The number of ether oxygens (including phenoxy) is 2. The highest BCUT2D eigenvalue weighted by molar-refractivity contribution is 5.80. The molecule has 3 aliphatic heterocycles. The van der Waals surface area contributed by atoms with Crippen LogP contribution in [0.15, 0.2) is 0 Å². The van der Waals surface area contributed by atoms with Crippen molar-refractivity contribution in [1.29, 1.82) is 0 Å². The number of amides is 1. The second kappa shape index (κ2) is 5.77. The normalized spacial score (nSPS) is 34.4. The molecule has 1 amide bonds. The van der Waals surface area contributed by atoms with Gasteiger partial charge in [0.1, 0.15) is 0 Å². The summed E-state index contributed by atoms with van der Waals surface area (Å²) in [7, 11) is 1.92. The first-order chi connectivity index (χ1) is 9.24. The molecule has 19 heavy (non-hydrogen) atoms. The fourth-order valence-corrected chi connectivity index (χ4v) is 3.57. The van der Waals surface area contributed by atoms with Crippen LogP contribution in [0, 0.1) is 17.8 Å². The molecule has 0 aromatic rings. The molecule has 0 saturated carbocycles. The molecule has 3 saturated heterocycles. The monoisotopic (exact) mass is 268 g/mol. The summed E-state index contributed by atoms with van der Waals surface area (Å²) in [5.41, 5.74) is 0. The van der Waals surface area contributed by atoms with Crippen molar-refractivity contribution < 1.29 is 14.3 Å². The molecule has 0 radical (unpaired) electrons. The molecule has 3 aliphatic rings. The highest BCUT2D eigenvalue weighted by Gasteiger charge is 2.42. The van der Waals surface area contributed by atoms with Crippen LogP contribution >= 0.6 is 0 Å². The van der Waals surface area contributed by atoms with E-state index in [2.05, 4.69) is 4.90 Å². The van der Waals surface area contributed by atoms with E-state index < -0.39 is 0 Å². The highest BCUT2D eigenvalue weighted by atomic mass is 16.5. The fraction of sp³-hybridized carbons (Fsp3) is 0.929. The predicted molar refractivity (Wildman–Crippen MR) is 70.8 cm³/mol. The van der Waals surface area contributed by atoms with Crippen molar-refractivity contribution in [1.82, 2.24) is 9.80 Å². The molecule has 0 spiro atoms. The van der Waals surface area contributed by atoms with Crippen molar-refractivity contribution in [3.8, 4) is 0 Å². The molecule has 5 heteroatoms. The Hall–Kier alpha value is -0.650. The number of carbonyl (C=O) groups excluding carboxylic acids is 1. The molecule has 2 atom stereocenters. The van der Waals surface area contributed by atoms with Gasteiger partial charge in [-0.2, -0.15) is 0 Å². The Morgan fingerprint density at radius 2 is 1.95 bits per heavy atom. The Bertz CT molecular complexity index is 329. The van der Waals surface area contributed by atoms with E-state index in [1.807, 2.05) is 11.9 Å². The second-order valence-corrected chi connectivity index (χ2v) is 6.15. The highest BCUT2D eigenvalue weighted by Crippen LogP contribution is 2.32. The Morgan fingerprint density at radius 1 is 1.21 bits per heavy atom. The maximum Gasteiger partial charge on any atom is 0.227 e. The van der Waals surface area contributed by atoms with E-state index in [1.54, 1.807) is 0 Å². The molecule has 0 aromatic carbocycles. The molecule has 0 unspecified atom stereocenters. The van der Waals surface area contributed by atoms with E-state index in [4.69, 9.17) is 9.47 Å². The first-order valence-electron chi connectivity index (χ1n) is 7.37. The molecule has 3 heterocycles. The van der Waals surface area contributed by atoms with Crippen LogP contribution in [-0.2, 0) is 14.3 Å². The number of carbonyl (C=O) groups is 1. The van der Waals surface area contributed by atoms with Gasteiger partial charge in [-0.3, -0.25) is 4.79 Å². The van der Waals surface area contributed by atoms with Crippen molar-refractivity contribution in [3.63, 3.8) is 0 Å². The zero-order valence-corrected chi connectivity index (χ0v) is 11.7. The van der Waals surface area contributed by atoms with E-state index in [-0.39, 0.29) is 5.92 Å². The third-order valence-corrected chi connectivity index (χ3v) is 4.64. The minimum atomic E-state index is 0.228. The number of piperidine rings is 1. The SMILES string of the molecule is CN1CC[C@@H]2CN(CC3COCCOC3)C[C@@H]2C1=O. The largest absolute Gasteiger partial charge is 0.379 e. The molecular formula is C14H24N2O3. The van der Waals surface area contributed by atoms with Gasteiger partial charge in [-0.15, -0.1) is 0 Å². The van der Waals surface area contributed by atoms with Crippen molar-refractivity contribution in [2.45, 2.75) is 6.42 Å². The number of hydrogen-bond donors (Lipinski definition) is 0. The summed E-state index contributed by atoms with van der Waals surface area (Å²) >= 11 is 0. The summed E-state index contributed by atoms with van der Waals surface area (Å²) in [5, 5.41) is 0. The number of rotatable bonds is 2. The fourth-order valence-electron chi connectivity index (χ4n) is 3.57. The summed E-state index contributed by atoms with van der Waals surface area (Å²) in [6.07, 6.45) is 1.15. The minimum Gasteiger partial charge on any atom is -0.379 e. The number of fused-ring (bicyclic) bond motifs is 1. The van der Waals surface area contributed by atoms with Gasteiger partial charge in [0.05, 0.1) is 32.3 Å². The lowest BCUT2D eigenvalue weighted by Gasteiger charge is -2.30. The second-order valence-electron chi connectivity index (χ2n) is 6.15. The van der Waals surface area contributed by atoms with Crippen LogP contribution in [0.4, 0.5) is 0 Å². The molecule has 0 N–H and O–H groups in total. The molecule has 0 aromatic heterocycles. The van der Waals surface area contributed by atoms with Crippen LogP contribution in [0.3, 0.4) is 0 Å². The number of hydrogen-bond acceptors (Lipinski definition) is 4. The first kappa shape index (κ1) is 13.3. The Morgan fingerprint density at radius 3 is 2.68 bits per heavy atom. The van der Waals surface area contributed by atoms with Gasteiger partial charge in [-0.05, 0) is 12.3 Å².